The highest BCUT2D eigenvalue weighted by atomic mass is 19.1. The zero-order valence-electron chi connectivity index (χ0n) is 10.1. The van der Waals surface area contributed by atoms with Crippen LogP contribution in [0.2, 0.25) is 0 Å². The van der Waals surface area contributed by atoms with E-state index in [4.69, 9.17) is 0 Å². The predicted octanol–water partition coefficient (Wildman–Crippen LogP) is 2.37. The maximum Gasteiger partial charge on any atom is 0.259 e. The molecule has 2 aromatic rings. The minimum atomic E-state index is -0.247. The lowest BCUT2D eigenvalue weighted by Crippen LogP contribution is -2.28. The number of halogens is 1. The van der Waals surface area contributed by atoms with Crippen LogP contribution in [-0.2, 0) is 13.5 Å². The summed E-state index contributed by atoms with van der Waals surface area (Å²) < 4.78 is 15.0. The topological polar surface area (TPSA) is 25.2 Å². The highest BCUT2D eigenvalue weighted by Crippen LogP contribution is 2.29. The molecule has 0 radical (unpaired) electrons. The Kier molecular flexibility index (Phi) is 2.44. The summed E-state index contributed by atoms with van der Waals surface area (Å²) >= 11 is 0. The molecule has 1 aliphatic heterocycles. The molecule has 0 bridgehead atoms. The lowest BCUT2D eigenvalue weighted by atomic mass is 10.1. The van der Waals surface area contributed by atoms with Crippen molar-refractivity contribution in [2.75, 3.05) is 11.4 Å². The second kappa shape index (κ2) is 3.98. The Bertz CT molecular complexity index is 618. The highest BCUT2D eigenvalue weighted by Gasteiger charge is 2.26. The summed E-state index contributed by atoms with van der Waals surface area (Å²) in [5.74, 6) is -0.274. The number of fused-ring (bicyclic) bond motifs is 1. The van der Waals surface area contributed by atoms with E-state index in [0.717, 1.165) is 11.3 Å². The average molecular weight is 244 g/mol. The molecule has 92 valence electrons. The molecule has 4 heteroatoms. The molecular weight excluding hydrogens is 231 g/mol. The van der Waals surface area contributed by atoms with E-state index >= 15 is 0 Å². The van der Waals surface area contributed by atoms with Gasteiger partial charge in [-0.05, 0) is 36.2 Å². The van der Waals surface area contributed by atoms with Crippen molar-refractivity contribution < 1.29 is 9.18 Å². The third kappa shape index (κ3) is 1.70. The van der Waals surface area contributed by atoms with Crippen molar-refractivity contribution >= 4 is 11.6 Å². The zero-order valence-corrected chi connectivity index (χ0v) is 10.1. The van der Waals surface area contributed by atoms with Crippen molar-refractivity contribution in [2.45, 2.75) is 6.42 Å². The average Bonchev–Trinajstić information content (AvgIpc) is 2.94. The van der Waals surface area contributed by atoms with Crippen LogP contribution in [0.15, 0.2) is 36.7 Å². The number of aromatic nitrogens is 1. The zero-order chi connectivity index (χ0) is 12.7. The first-order valence-corrected chi connectivity index (χ1v) is 5.87. The Morgan fingerprint density at radius 3 is 2.89 bits per heavy atom. The molecule has 0 saturated carbocycles. The van der Waals surface area contributed by atoms with E-state index in [-0.39, 0.29) is 11.7 Å². The Morgan fingerprint density at radius 2 is 2.17 bits per heavy atom. The molecule has 1 aromatic heterocycles. The van der Waals surface area contributed by atoms with Gasteiger partial charge in [-0.1, -0.05) is 0 Å². The van der Waals surface area contributed by atoms with Crippen LogP contribution in [0.3, 0.4) is 0 Å². The fourth-order valence-electron chi connectivity index (χ4n) is 2.37. The fourth-order valence-corrected chi connectivity index (χ4v) is 2.37. The van der Waals surface area contributed by atoms with Gasteiger partial charge in [0.1, 0.15) is 5.82 Å². The van der Waals surface area contributed by atoms with Crippen LogP contribution in [0.1, 0.15) is 15.9 Å². The van der Waals surface area contributed by atoms with E-state index in [1.165, 1.54) is 12.1 Å². The largest absolute Gasteiger partial charge is 0.356 e. The monoisotopic (exact) mass is 244 g/mol. The van der Waals surface area contributed by atoms with Crippen molar-refractivity contribution in [1.29, 1.82) is 0 Å². The quantitative estimate of drug-likeness (QED) is 0.756. The van der Waals surface area contributed by atoms with Crippen molar-refractivity contribution in [2.24, 2.45) is 7.05 Å². The minimum Gasteiger partial charge on any atom is -0.356 e. The molecule has 0 saturated heterocycles. The number of hydrogen-bond acceptors (Lipinski definition) is 1. The number of carbonyl (C=O) groups is 1. The Hall–Kier alpha value is -2.10. The van der Waals surface area contributed by atoms with E-state index in [0.29, 0.717) is 18.5 Å². The molecule has 0 fully saturated rings. The summed E-state index contributed by atoms with van der Waals surface area (Å²) in [7, 11) is 1.88. The molecule has 3 rings (SSSR count). The SMILES string of the molecule is Cn1ccc(C(=O)N2CCc3cc(F)ccc32)c1. The Labute approximate surface area is 104 Å². The maximum absolute atomic E-state index is 13.1. The molecule has 18 heavy (non-hydrogen) atoms. The summed E-state index contributed by atoms with van der Waals surface area (Å²) in [5.41, 5.74) is 2.39. The number of aryl methyl sites for hydroxylation is 1. The van der Waals surface area contributed by atoms with Crippen molar-refractivity contribution in [3.63, 3.8) is 0 Å². The molecule has 0 spiro atoms. The highest BCUT2D eigenvalue weighted by molar-refractivity contribution is 6.07. The summed E-state index contributed by atoms with van der Waals surface area (Å²) in [5, 5.41) is 0. The molecule has 1 aromatic carbocycles. The number of amides is 1. The van der Waals surface area contributed by atoms with Gasteiger partial charge in [0, 0.05) is 31.7 Å². The second-order valence-corrected chi connectivity index (χ2v) is 4.55. The van der Waals surface area contributed by atoms with Gasteiger partial charge in [-0.25, -0.2) is 4.39 Å². The summed E-state index contributed by atoms with van der Waals surface area (Å²) in [6.07, 6.45) is 4.35. The van der Waals surface area contributed by atoms with Gasteiger partial charge in [0.05, 0.1) is 5.56 Å². The van der Waals surface area contributed by atoms with Gasteiger partial charge >= 0.3 is 0 Å². The molecule has 0 atom stereocenters. The summed E-state index contributed by atoms with van der Waals surface area (Å²) in [6, 6.07) is 6.38. The molecule has 0 unspecified atom stereocenters. The molecular formula is C14H13FN2O. The second-order valence-electron chi connectivity index (χ2n) is 4.55. The van der Waals surface area contributed by atoms with Gasteiger partial charge < -0.3 is 9.47 Å². The molecule has 0 aliphatic carbocycles. The van der Waals surface area contributed by atoms with Crippen molar-refractivity contribution in [1.82, 2.24) is 4.57 Å². The third-order valence-corrected chi connectivity index (χ3v) is 3.26. The standard InChI is InChI=1S/C14H13FN2O/c1-16-6-4-11(9-16)14(18)17-7-5-10-8-12(15)2-3-13(10)17/h2-4,6,8-9H,5,7H2,1H3. The van der Waals surface area contributed by atoms with Gasteiger partial charge in [-0.3, -0.25) is 4.79 Å². The number of carbonyl (C=O) groups excluding carboxylic acids is 1. The lowest BCUT2D eigenvalue weighted by molar-refractivity contribution is 0.0989. The minimum absolute atomic E-state index is 0.0269. The van der Waals surface area contributed by atoms with Crippen molar-refractivity contribution in [3.05, 3.63) is 53.6 Å². The first kappa shape index (κ1) is 11.0. The van der Waals surface area contributed by atoms with Crippen LogP contribution < -0.4 is 4.90 Å². The number of benzene rings is 1. The molecule has 0 N–H and O–H groups in total. The maximum atomic E-state index is 13.1. The Balaban J connectivity index is 1.95. The normalized spacial score (nSPS) is 13.8. The summed E-state index contributed by atoms with van der Waals surface area (Å²) in [6.45, 7) is 0.618. The van der Waals surface area contributed by atoms with E-state index in [9.17, 15) is 9.18 Å². The molecule has 3 nitrogen and oxygen atoms in total. The number of rotatable bonds is 1. The predicted molar refractivity (Wildman–Crippen MR) is 67.2 cm³/mol. The lowest BCUT2D eigenvalue weighted by Gasteiger charge is -2.16. The fraction of sp³-hybridized carbons (Fsp3) is 0.214. The first-order valence-electron chi connectivity index (χ1n) is 5.87. The summed E-state index contributed by atoms with van der Waals surface area (Å²) in [4.78, 5) is 14.0. The number of anilines is 1. The van der Waals surface area contributed by atoms with E-state index in [1.54, 1.807) is 23.2 Å². The van der Waals surface area contributed by atoms with Gasteiger partial charge in [0.25, 0.3) is 5.91 Å². The van der Waals surface area contributed by atoms with Crippen molar-refractivity contribution in [3.8, 4) is 0 Å². The number of hydrogen-bond donors (Lipinski definition) is 0. The molecule has 1 amide bonds. The van der Waals surface area contributed by atoms with E-state index in [2.05, 4.69) is 0 Å². The van der Waals surface area contributed by atoms with E-state index < -0.39 is 0 Å². The first-order chi connectivity index (χ1) is 8.65. The van der Waals surface area contributed by atoms with Gasteiger partial charge in [0.2, 0.25) is 0 Å². The number of nitrogens with zero attached hydrogens (tertiary/aromatic N) is 2. The molecule has 1 aliphatic rings. The van der Waals surface area contributed by atoms with Crippen LogP contribution in [0.5, 0.6) is 0 Å². The molecule has 2 heterocycles. The van der Waals surface area contributed by atoms with E-state index in [1.807, 2.05) is 17.8 Å². The van der Waals surface area contributed by atoms with Crippen LogP contribution in [0, 0.1) is 5.82 Å². The van der Waals surface area contributed by atoms with Crippen LogP contribution in [0.4, 0.5) is 10.1 Å². The van der Waals surface area contributed by atoms with Gasteiger partial charge in [0.15, 0.2) is 0 Å². The van der Waals surface area contributed by atoms with Crippen LogP contribution in [0.25, 0.3) is 0 Å². The smallest absolute Gasteiger partial charge is 0.259 e. The van der Waals surface area contributed by atoms with Crippen LogP contribution >= 0.6 is 0 Å². The Morgan fingerprint density at radius 1 is 1.33 bits per heavy atom. The van der Waals surface area contributed by atoms with Gasteiger partial charge in [-0.2, -0.15) is 0 Å². The van der Waals surface area contributed by atoms with Crippen LogP contribution in [-0.4, -0.2) is 17.0 Å². The van der Waals surface area contributed by atoms with Gasteiger partial charge in [-0.15, -0.1) is 0 Å². The third-order valence-electron chi connectivity index (χ3n) is 3.26.